The molecule has 1 aromatic carbocycles. The van der Waals surface area contributed by atoms with E-state index in [0.717, 1.165) is 40.5 Å². The number of benzene rings is 1. The lowest BCUT2D eigenvalue weighted by Crippen LogP contribution is -2.44. The Kier molecular flexibility index (Phi) is 4.99. The maximum Gasteiger partial charge on any atom is 0.417 e. The van der Waals surface area contributed by atoms with Gasteiger partial charge in [-0.15, -0.1) is 0 Å². The molecule has 3 heterocycles. The Morgan fingerprint density at radius 2 is 2.03 bits per heavy atom. The van der Waals surface area contributed by atoms with Crippen LogP contribution < -0.4 is 0 Å². The van der Waals surface area contributed by atoms with Crippen molar-refractivity contribution in [3.63, 3.8) is 0 Å². The Hall–Kier alpha value is -2.60. The molecule has 1 aromatic heterocycles. The Morgan fingerprint density at radius 1 is 1.24 bits per heavy atom. The molecule has 2 aromatic rings. The Bertz CT molecular complexity index is 1020. The van der Waals surface area contributed by atoms with Crippen LogP contribution in [0.25, 0.3) is 11.8 Å². The van der Waals surface area contributed by atoms with Crippen molar-refractivity contribution < 1.29 is 14.3 Å². The molecule has 0 atom stereocenters. The zero-order valence-corrected chi connectivity index (χ0v) is 17.6. The number of hydrogen-bond acceptors (Lipinski definition) is 4. The third-order valence-corrected chi connectivity index (χ3v) is 5.49. The van der Waals surface area contributed by atoms with Gasteiger partial charge in [0.15, 0.2) is 0 Å². The number of amides is 2. The van der Waals surface area contributed by atoms with Crippen LogP contribution in [0.2, 0.25) is 5.02 Å². The number of carbonyl (C=O) groups is 2. The van der Waals surface area contributed by atoms with Crippen LogP contribution in [0.15, 0.2) is 30.1 Å². The number of carbonyl (C=O) groups excluding carboxylic acids is 2. The number of hydrogen-bond donors (Lipinski definition) is 0. The molecule has 2 aliphatic heterocycles. The Labute approximate surface area is 175 Å². The molecule has 0 saturated carbocycles. The summed E-state index contributed by atoms with van der Waals surface area (Å²) in [5.41, 5.74) is 3.90. The number of rotatable bonds is 1. The number of aromatic nitrogens is 2. The van der Waals surface area contributed by atoms with E-state index in [9.17, 15) is 9.59 Å². The van der Waals surface area contributed by atoms with E-state index in [2.05, 4.69) is 4.98 Å². The maximum atomic E-state index is 12.9. The molecule has 0 N–H and O–H groups in total. The highest BCUT2D eigenvalue weighted by atomic mass is 35.5. The van der Waals surface area contributed by atoms with Crippen LogP contribution in [0.3, 0.4) is 0 Å². The Morgan fingerprint density at radius 3 is 2.79 bits per heavy atom. The lowest BCUT2D eigenvalue weighted by atomic mass is 9.98. The molecule has 29 heavy (non-hydrogen) atoms. The molecule has 0 spiro atoms. The van der Waals surface area contributed by atoms with Gasteiger partial charge in [-0.3, -0.25) is 4.79 Å². The van der Waals surface area contributed by atoms with E-state index in [1.807, 2.05) is 28.8 Å². The predicted molar refractivity (Wildman–Crippen MR) is 111 cm³/mol. The van der Waals surface area contributed by atoms with Crippen LogP contribution in [-0.2, 0) is 22.4 Å². The maximum absolute atomic E-state index is 12.9. The summed E-state index contributed by atoms with van der Waals surface area (Å²) in [4.78, 5) is 31.0. The summed E-state index contributed by atoms with van der Waals surface area (Å²) in [6.45, 7) is 5.74. The summed E-state index contributed by atoms with van der Waals surface area (Å²) < 4.78 is 7.42. The first-order chi connectivity index (χ1) is 13.7. The molecule has 7 heteroatoms. The van der Waals surface area contributed by atoms with E-state index in [1.54, 1.807) is 27.1 Å². The third kappa shape index (κ3) is 3.81. The monoisotopic (exact) mass is 413 g/mol. The summed E-state index contributed by atoms with van der Waals surface area (Å²) in [7, 11) is 0. The van der Waals surface area contributed by atoms with Gasteiger partial charge in [0.25, 0.3) is 5.91 Å². The number of imide groups is 1. The first-order valence-electron chi connectivity index (χ1n) is 9.84. The molecule has 0 aliphatic carbocycles. The van der Waals surface area contributed by atoms with E-state index in [4.69, 9.17) is 16.3 Å². The van der Waals surface area contributed by atoms with Crippen molar-refractivity contribution in [2.45, 2.75) is 52.1 Å². The number of likely N-dealkylation sites (tertiary alicyclic amines) is 1. The average molecular weight is 414 g/mol. The topological polar surface area (TPSA) is 64.4 Å². The SMILES string of the molecule is CC(C)(C)OC(=O)N1CCCC(=Cc2ncn3c2CCc2c(Cl)cccc2-3)C1=O. The minimum Gasteiger partial charge on any atom is -0.443 e. The smallest absolute Gasteiger partial charge is 0.417 e. The highest BCUT2D eigenvalue weighted by molar-refractivity contribution is 6.31. The highest BCUT2D eigenvalue weighted by Crippen LogP contribution is 2.32. The fraction of sp³-hybridized carbons (Fsp3) is 0.409. The second kappa shape index (κ2) is 7.34. The molecular weight excluding hydrogens is 390 g/mol. The van der Waals surface area contributed by atoms with Crippen molar-refractivity contribution in [3.8, 4) is 5.69 Å². The quantitative estimate of drug-likeness (QED) is 0.642. The second-order valence-corrected chi connectivity index (χ2v) is 8.80. The van der Waals surface area contributed by atoms with Crippen LogP contribution in [0.1, 0.15) is 50.6 Å². The van der Waals surface area contributed by atoms with Gasteiger partial charge in [0, 0.05) is 17.1 Å². The van der Waals surface area contributed by atoms with Gasteiger partial charge in [0.1, 0.15) is 11.9 Å². The Balaban J connectivity index is 1.63. The van der Waals surface area contributed by atoms with Crippen molar-refractivity contribution >= 4 is 29.7 Å². The summed E-state index contributed by atoms with van der Waals surface area (Å²) in [6, 6.07) is 5.85. The van der Waals surface area contributed by atoms with Gasteiger partial charge in [0.2, 0.25) is 0 Å². The molecule has 2 amide bonds. The number of ether oxygens (including phenoxy) is 1. The number of nitrogens with zero attached hydrogens (tertiary/aromatic N) is 3. The van der Waals surface area contributed by atoms with Gasteiger partial charge in [0.05, 0.1) is 17.1 Å². The van der Waals surface area contributed by atoms with E-state index in [1.165, 1.54) is 4.90 Å². The van der Waals surface area contributed by atoms with Crippen LogP contribution in [-0.4, -0.2) is 38.6 Å². The highest BCUT2D eigenvalue weighted by Gasteiger charge is 2.32. The van der Waals surface area contributed by atoms with Gasteiger partial charge in [-0.2, -0.15) is 0 Å². The zero-order valence-electron chi connectivity index (χ0n) is 16.9. The van der Waals surface area contributed by atoms with Crippen molar-refractivity contribution in [1.82, 2.24) is 14.5 Å². The molecular formula is C22H24ClN3O3. The summed E-state index contributed by atoms with van der Waals surface area (Å²) >= 11 is 6.34. The molecule has 1 saturated heterocycles. The fourth-order valence-electron chi connectivity index (χ4n) is 3.83. The van der Waals surface area contributed by atoms with E-state index >= 15 is 0 Å². The van der Waals surface area contributed by atoms with Crippen LogP contribution in [0.5, 0.6) is 0 Å². The molecule has 2 aliphatic rings. The molecule has 152 valence electrons. The third-order valence-electron chi connectivity index (χ3n) is 5.14. The van der Waals surface area contributed by atoms with Crippen LogP contribution in [0, 0.1) is 0 Å². The predicted octanol–water partition coefficient (Wildman–Crippen LogP) is 4.57. The lowest BCUT2D eigenvalue weighted by Gasteiger charge is -2.29. The van der Waals surface area contributed by atoms with Crippen LogP contribution in [0.4, 0.5) is 4.79 Å². The van der Waals surface area contributed by atoms with Gasteiger partial charge < -0.3 is 9.30 Å². The zero-order chi connectivity index (χ0) is 20.8. The molecule has 6 nitrogen and oxygen atoms in total. The standard InChI is InChI=1S/C22H24ClN3O3/c1-22(2,3)29-21(28)25-11-5-6-14(20(25)27)12-17-19-10-9-15-16(23)7-4-8-18(15)26(19)13-24-17/h4,7-8,12-13H,5-6,9-11H2,1-3H3. The second-order valence-electron chi connectivity index (χ2n) is 8.39. The minimum absolute atomic E-state index is 0.300. The molecule has 0 radical (unpaired) electrons. The van der Waals surface area contributed by atoms with Crippen molar-refractivity contribution in [3.05, 3.63) is 52.1 Å². The molecule has 4 rings (SSSR count). The summed E-state index contributed by atoms with van der Waals surface area (Å²) in [6.07, 6.45) is 5.95. The lowest BCUT2D eigenvalue weighted by molar-refractivity contribution is -0.127. The van der Waals surface area contributed by atoms with E-state index in [-0.39, 0.29) is 5.91 Å². The largest absolute Gasteiger partial charge is 0.443 e. The number of piperidine rings is 1. The number of fused-ring (bicyclic) bond motifs is 3. The summed E-state index contributed by atoms with van der Waals surface area (Å²) in [5.74, 6) is -0.300. The normalized spacial score (nSPS) is 17.9. The van der Waals surface area contributed by atoms with Gasteiger partial charge in [-0.1, -0.05) is 17.7 Å². The average Bonchev–Trinajstić information content (AvgIpc) is 3.05. The van der Waals surface area contributed by atoms with E-state index < -0.39 is 11.7 Å². The minimum atomic E-state index is -0.643. The molecule has 0 unspecified atom stereocenters. The van der Waals surface area contributed by atoms with Crippen molar-refractivity contribution in [2.24, 2.45) is 0 Å². The summed E-state index contributed by atoms with van der Waals surface area (Å²) in [5, 5.41) is 0.761. The molecule has 1 fully saturated rings. The van der Waals surface area contributed by atoms with E-state index in [0.29, 0.717) is 25.0 Å². The van der Waals surface area contributed by atoms with Gasteiger partial charge in [-0.05, 0) is 70.2 Å². The van der Waals surface area contributed by atoms with Crippen molar-refractivity contribution in [1.29, 1.82) is 0 Å². The van der Waals surface area contributed by atoms with Gasteiger partial charge >= 0.3 is 6.09 Å². The van der Waals surface area contributed by atoms with Crippen LogP contribution >= 0.6 is 11.6 Å². The van der Waals surface area contributed by atoms with Crippen molar-refractivity contribution in [2.75, 3.05) is 6.54 Å². The number of imidazole rings is 1. The number of halogens is 1. The molecule has 0 bridgehead atoms. The first-order valence-corrected chi connectivity index (χ1v) is 10.2. The fourth-order valence-corrected chi connectivity index (χ4v) is 4.09. The van der Waals surface area contributed by atoms with Gasteiger partial charge in [-0.25, -0.2) is 14.7 Å². The first kappa shape index (κ1) is 19.7.